The molecule has 0 aliphatic rings. The predicted molar refractivity (Wildman–Crippen MR) is 152 cm³/mol. The first kappa shape index (κ1) is 23.7. The fourth-order valence-corrected chi connectivity index (χ4v) is 8.10. The molecular weight excluding hydrogens is 431 g/mol. The maximum Gasteiger partial charge on any atom is 0.0728 e. The number of nitrogens with zero attached hydrogens (tertiary/aromatic N) is 2. The first-order chi connectivity index (χ1) is 16.6. The van der Waals surface area contributed by atoms with E-state index in [9.17, 15) is 0 Å². The molecular formula is C31H31N2P. The molecule has 0 saturated carbocycles. The van der Waals surface area contributed by atoms with Gasteiger partial charge < -0.3 is 0 Å². The monoisotopic (exact) mass is 462 g/mol. The largest absolute Gasteiger partial charge is 0.156 e. The van der Waals surface area contributed by atoms with Gasteiger partial charge in [-0.3, -0.25) is 0 Å². The molecule has 4 rings (SSSR count). The fourth-order valence-electron chi connectivity index (χ4n) is 4.21. The van der Waals surface area contributed by atoms with Crippen molar-refractivity contribution >= 4 is 40.0 Å². The van der Waals surface area contributed by atoms with Crippen LogP contribution in [0.4, 0.5) is 0 Å². The van der Waals surface area contributed by atoms with E-state index in [1.54, 1.807) is 0 Å². The average Bonchev–Trinajstić information content (AvgIpc) is 2.89. The number of hydrogen-bond donors (Lipinski definition) is 0. The molecule has 0 aromatic heterocycles. The number of hydrogen-bond acceptors (Lipinski definition) is 2. The van der Waals surface area contributed by atoms with Crippen molar-refractivity contribution < 1.29 is 0 Å². The second-order valence-corrected chi connectivity index (χ2v) is 11.9. The SMILES string of the molecule is C/C(C=P(c1ccccc1)(c1ccccc1)c1ccccc1)=N\N=C(\c1ccccc1)C(C)C. The fraction of sp³-hybridized carbons (Fsp3) is 0.129. The lowest BCUT2D eigenvalue weighted by Gasteiger charge is -2.28. The number of rotatable bonds is 7. The third kappa shape index (κ3) is 5.19. The van der Waals surface area contributed by atoms with Crippen molar-refractivity contribution in [2.75, 3.05) is 0 Å². The summed E-state index contributed by atoms with van der Waals surface area (Å²) < 4.78 is 0. The maximum atomic E-state index is 4.76. The highest BCUT2D eigenvalue weighted by Crippen LogP contribution is 2.43. The zero-order valence-electron chi connectivity index (χ0n) is 20.0. The summed E-state index contributed by atoms with van der Waals surface area (Å²) in [7, 11) is 0. The zero-order valence-corrected chi connectivity index (χ0v) is 20.9. The van der Waals surface area contributed by atoms with Gasteiger partial charge in [0.2, 0.25) is 0 Å². The van der Waals surface area contributed by atoms with Crippen LogP contribution in [0.25, 0.3) is 0 Å². The molecule has 0 unspecified atom stereocenters. The van der Waals surface area contributed by atoms with Crippen molar-refractivity contribution in [3.63, 3.8) is 0 Å². The van der Waals surface area contributed by atoms with Crippen LogP contribution < -0.4 is 15.9 Å². The minimum atomic E-state index is -2.09. The maximum absolute atomic E-state index is 4.76. The van der Waals surface area contributed by atoms with E-state index in [0.29, 0.717) is 0 Å². The van der Waals surface area contributed by atoms with Crippen LogP contribution in [0.1, 0.15) is 26.3 Å². The van der Waals surface area contributed by atoms with Gasteiger partial charge in [0.25, 0.3) is 0 Å². The lowest BCUT2D eigenvalue weighted by atomic mass is 10.0. The smallest absolute Gasteiger partial charge is 0.0728 e. The van der Waals surface area contributed by atoms with E-state index in [4.69, 9.17) is 10.2 Å². The molecule has 0 radical (unpaired) electrons. The first-order valence-corrected chi connectivity index (χ1v) is 13.6. The van der Waals surface area contributed by atoms with Gasteiger partial charge in [-0.2, -0.15) is 10.2 Å². The van der Waals surface area contributed by atoms with Crippen molar-refractivity contribution in [2.24, 2.45) is 16.1 Å². The average molecular weight is 463 g/mol. The van der Waals surface area contributed by atoms with Gasteiger partial charge in [0, 0.05) is 0 Å². The van der Waals surface area contributed by atoms with Crippen LogP contribution in [0.15, 0.2) is 132 Å². The van der Waals surface area contributed by atoms with Gasteiger partial charge >= 0.3 is 0 Å². The standard InChI is InChI=1S/C31H31N2P/c1-25(2)31(27-16-8-4-9-17-27)33-32-26(3)24-34(28-18-10-5-11-19-28,29-20-12-6-13-21-29)30-22-14-7-15-23-30/h4-25H,1-3H3/b32-26+,33-31+. The van der Waals surface area contributed by atoms with Crippen LogP contribution in [-0.4, -0.2) is 17.2 Å². The van der Waals surface area contributed by atoms with Crippen molar-refractivity contribution in [1.82, 2.24) is 0 Å². The zero-order chi connectivity index (χ0) is 23.8. The van der Waals surface area contributed by atoms with Gasteiger partial charge in [-0.1, -0.05) is 135 Å². The van der Waals surface area contributed by atoms with Gasteiger partial charge in [0.15, 0.2) is 0 Å². The van der Waals surface area contributed by atoms with Crippen molar-refractivity contribution in [3.8, 4) is 0 Å². The molecule has 34 heavy (non-hydrogen) atoms. The molecule has 0 fully saturated rings. The highest BCUT2D eigenvalue weighted by atomic mass is 31.2. The molecule has 170 valence electrons. The molecule has 3 heteroatoms. The van der Waals surface area contributed by atoms with Gasteiger partial charge in [0.05, 0.1) is 11.4 Å². The number of benzene rings is 4. The Morgan fingerprint density at radius 3 is 1.35 bits per heavy atom. The molecule has 0 spiro atoms. The first-order valence-electron chi connectivity index (χ1n) is 11.7. The summed E-state index contributed by atoms with van der Waals surface area (Å²) in [6, 6.07) is 42.8. The van der Waals surface area contributed by atoms with Crippen LogP contribution in [0.2, 0.25) is 0 Å². The summed E-state index contributed by atoms with van der Waals surface area (Å²) in [5.41, 5.74) is 3.03. The van der Waals surface area contributed by atoms with E-state index in [1.807, 2.05) is 18.2 Å². The van der Waals surface area contributed by atoms with Crippen molar-refractivity contribution in [1.29, 1.82) is 0 Å². The lowest BCUT2D eigenvalue weighted by molar-refractivity contribution is 0.876. The van der Waals surface area contributed by atoms with Crippen molar-refractivity contribution in [3.05, 3.63) is 127 Å². The quantitative estimate of drug-likeness (QED) is 0.175. The Bertz CT molecular complexity index is 1200. The van der Waals surface area contributed by atoms with Crippen LogP contribution in [0, 0.1) is 5.92 Å². The van der Waals surface area contributed by atoms with E-state index < -0.39 is 6.89 Å². The minimum Gasteiger partial charge on any atom is -0.156 e. The van der Waals surface area contributed by atoms with Crippen LogP contribution in [-0.2, 0) is 0 Å². The highest BCUT2D eigenvalue weighted by Gasteiger charge is 2.25. The van der Waals surface area contributed by atoms with Crippen LogP contribution in [0.3, 0.4) is 0 Å². The summed E-state index contributed by atoms with van der Waals surface area (Å²) >= 11 is 0. The van der Waals surface area contributed by atoms with Gasteiger partial charge in [0.1, 0.15) is 0 Å². The molecule has 4 aromatic carbocycles. The minimum absolute atomic E-state index is 0.274. The Morgan fingerprint density at radius 2 is 0.971 bits per heavy atom. The Labute approximate surface area is 203 Å². The van der Waals surface area contributed by atoms with E-state index in [1.165, 1.54) is 15.9 Å². The summed E-state index contributed by atoms with van der Waals surface area (Å²) in [6.45, 7) is 4.30. The molecule has 0 N–H and O–H groups in total. The molecule has 0 aliphatic carbocycles. The Kier molecular flexibility index (Phi) is 7.72. The van der Waals surface area contributed by atoms with E-state index in [-0.39, 0.29) is 5.92 Å². The molecule has 0 atom stereocenters. The Morgan fingerprint density at radius 1 is 0.588 bits per heavy atom. The molecule has 0 amide bonds. The molecule has 0 bridgehead atoms. The van der Waals surface area contributed by atoms with Gasteiger partial charge in [-0.05, 0) is 47.0 Å². The summed E-state index contributed by atoms with van der Waals surface area (Å²) in [5.74, 6) is 2.63. The van der Waals surface area contributed by atoms with E-state index in [0.717, 1.165) is 17.0 Å². The Balaban J connectivity index is 1.96. The van der Waals surface area contributed by atoms with E-state index in [2.05, 4.69) is 130 Å². The summed E-state index contributed by atoms with van der Waals surface area (Å²) in [6.07, 6.45) is 0. The molecule has 0 heterocycles. The van der Waals surface area contributed by atoms with E-state index >= 15 is 0 Å². The summed E-state index contributed by atoms with van der Waals surface area (Å²) in [4.78, 5) is 0. The molecule has 0 aliphatic heterocycles. The lowest BCUT2D eigenvalue weighted by Crippen LogP contribution is -2.28. The molecule has 0 saturated heterocycles. The van der Waals surface area contributed by atoms with Crippen LogP contribution in [0.5, 0.6) is 0 Å². The summed E-state index contributed by atoms with van der Waals surface area (Å²) in [5, 5.41) is 13.4. The third-order valence-electron chi connectivity index (χ3n) is 5.80. The topological polar surface area (TPSA) is 24.7 Å². The second kappa shape index (κ2) is 11.1. The predicted octanol–water partition coefficient (Wildman–Crippen LogP) is 6.30. The Hall–Kier alpha value is -3.48. The second-order valence-electron chi connectivity index (χ2n) is 8.61. The molecule has 4 aromatic rings. The normalized spacial score (nSPS) is 12.6. The van der Waals surface area contributed by atoms with Crippen molar-refractivity contribution in [2.45, 2.75) is 20.8 Å². The third-order valence-corrected chi connectivity index (χ3v) is 9.90. The van der Waals surface area contributed by atoms with Gasteiger partial charge in [-0.25, -0.2) is 0 Å². The highest BCUT2D eigenvalue weighted by molar-refractivity contribution is 7.95. The van der Waals surface area contributed by atoms with Crippen LogP contribution >= 0.6 is 6.89 Å². The molecule has 2 nitrogen and oxygen atoms in total. The van der Waals surface area contributed by atoms with Gasteiger partial charge in [-0.15, -0.1) is 0 Å².